The zero-order valence-corrected chi connectivity index (χ0v) is 12.4. The summed E-state index contributed by atoms with van der Waals surface area (Å²) in [5.74, 6) is 0.326. The van der Waals surface area contributed by atoms with Crippen LogP contribution < -0.4 is 5.73 Å². The normalized spacial score (nSPS) is 16.3. The van der Waals surface area contributed by atoms with Crippen molar-refractivity contribution in [2.75, 3.05) is 5.73 Å². The number of nitrogen functional groups attached to an aromatic ring is 1. The molecule has 0 atom stereocenters. The van der Waals surface area contributed by atoms with E-state index in [1.165, 1.54) is 24.0 Å². The van der Waals surface area contributed by atoms with Crippen LogP contribution in [0.2, 0.25) is 0 Å². The second-order valence-corrected chi connectivity index (χ2v) is 6.05. The summed E-state index contributed by atoms with van der Waals surface area (Å²) < 4.78 is 0. The molecule has 1 aliphatic carbocycles. The maximum atomic E-state index is 12.7. The van der Waals surface area contributed by atoms with Crippen molar-refractivity contribution in [2.24, 2.45) is 0 Å². The average molecular weight is 294 g/mol. The Morgan fingerprint density at radius 2 is 1.91 bits per heavy atom. The van der Waals surface area contributed by atoms with E-state index in [1.54, 1.807) is 6.20 Å². The van der Waals surface area contributed by atoms with E-state index in [2.05, 4.69) is 22.1 Å². The van der Waals surface area contributed by atoms with Crippen LogP contribution >= 0.6 is 0 Å². The topological polar surface area (TPSA) is 72.1 Å². The monoisotopic (exact) mass is 294 g/mol. The Labute approximate surface area is 129 Å². The molecule has 2 N–H and O–H groups in total. The predicted molar refractivity (Wildman–Crippen MR) is 83.1 cm³/mol. The molecule has 1 aromatic heterocycles. The zero-order chi connectivity index (χ0) is 15.1. The fourth-order valence-corrected chi connectivity index (χ4v) is 3.36. The lowest BCUT2D eigenvalue weighted by Crippen LogP contribution is -2.25. The third kappa shape index (κ3) is 2.22. The summed E-state index contributed by atoms with van der Waals surface area (Å²) in [5, 5.41) is 0. The van der Waals surface area contributed by atoms with Crippen LogP contribution in [0.5, 0.6) is 0 Å². The van der Waals surface area contributed by atoms with Gasteiger partial charge in [0.15, 0.2) is 0 Å². The van der Waals surface area contributed by atoms with E-state index in [-0.39, 0.29) is 11.9 Å². The Hall–Kier alpha value is -2.43. The van der Waals surface area contributed by atoms with Crippen LogP contribution in [0.1, 0.15) is 45.6 Å². The van der Waals surface area contributed by atoms with E-state index in [0.29, 0.717) is 13.1 Å². The van der Waals surface area contributed by atoms with Gasteiger partial charge in [0.05, 0.1) is 12.2 Å². The molecule has 22 heavy (non-hydrogen) atoms. The number of benzene rings is 1. The summed E-state index contributed by atoms with van der Waals surface area (Å²) >= 11 is 0. The smallest absolute Gasteiger partial charge is 0.254 e. The Balaban J connectivity index is 1.58. The number of aromatic nitrogens is 2. The largest absolute Gasteiger partial charge is 0.368 e. The summed E-state index contributed by atoms with van der Waals surface area (Å²) in [4.78, 5) is 22.8. The van der Waals surface area contributed by atoms with Crippen LogP contribution in [0, 0.1) is 0 Å². The molecule has 0 spiro atoms. The van der Waals surface area contributed by atoms with Gasteiger partial charge in [0.1, 0.15) is 0 Å². The standard InChI is InChI=1S/C17H18N4O/c18-17-19-8-14-9-21(10-15(14)20-17)16(22)13-6-5-11-3-1-2-4-12(11)7-13/h5-8H,1-4,9-10H2,(H2,18,19,20). The highest BCUT2D eigenvalue weighted by molar-refractivity contribution is 5.94. The Morgan fingerprint density at radius 1 is 1.09 bits per heavy atom. The van der Waals surface area contributed by atoms with E-state index in [9.17, 15) is 4.79 Å². The van der Waals surface area contributed by atoms with Crippen molar-refractivity contribution in [2.45, 2.75) is 38.8 Å². The highest BCUT2D eigenvalue weighted by Crippen LogP contribution is 2.26. The summed E-state index contributed by atoms with van der Waals surface area (Å²) in [6.07, 6.45) is 6.40. The van der Waals surface area contributed by atoms with Gasteiger partial charge in [-0.1, -0.05) is 6.07 Å². The molecule has 2 aliphatic rings. The van der Waals surface area contributed by atoms with Gasteiger partial charge >= 0.3 is 0 Å². The molecular formula is C17H18N4O. The van der Waals surface area contributed by atoms with Crippen molar-refractivity contribution in [3.63, 3.8) is 0 Å². The van der Waals surface area contributed by atoms with Gasteiger partial charge in [0, 0.05) is 23.9 Å². The second kappa shape index (κ2) is 5.09. The number of fused-ring (bicyclic) bond motifs is 2. The highest BCUT2D eigenvalue weighted by atomic mass is 16.2. The SMILES string of the molecule is Nc1ncc2c(n1)CN(C(=O)c1ccc3c(c1)CCCC3)C2. The summed E-state index contributed by atoms with van der Waals surface area (Å²) in [6, 6.07) is 6.14. The van der Waals surface area contributed by atoms with E-state index in [1.807, 2.05) is 11.0 Å². The van der Waals surface area contributed by atoms with Gasteiger partial charge in [-0.15, -0.1) is 0 Å². The number of hydrogen-bond donors (Lipinski definition) is 1. The molecule has 0 saturated carbocycles. The van der Waals surface area contributed by atoms with Crippen LogP contribution in [-0.2, 0) is 25.9 Å². The van der Waals surface area contributed by atoms with E-state index in [0.717, 1.165) is 29.7 Å². The Morgan fingerprint density at radius 3 is 2.77 bits per heavy atom. The molecule has 2 aromatic rings. The molecule has 0 saturated heterocycles. The fourth-order valence-electron chi connectivity index (χ4n) is 3.36. The molecule has 5 nitrogen and oxygen atoms in total. The van der Waals surface area contributed by atoms with Gasteiger partial charge in [-0.3, -0.25) is 4.79 Å². The second-order valence-electron chi connectivity index (χ2n) is 6.05. The zero-order valence-electron chi connectivity index (χ0n) is 12.4. The summed E-state index contributed by atoms with van der Waals surface area (Å²) in [6.45, 7) is 1.07. The van der Waals surface area contributed by atoms with Crippen molar-refractivity contribution in [3.05, 3.63) is 52.3 Å². The van der Waals surface area contributed by atoms with Crippen molar-refractivity contribution in [1.82, 2.24) is 14.9 Å². The molecular weight excluding hydrogens is 276 g/mol. The number of hydrogen-bond acceptors (Lipinski definition) is 4. The van der Waals surface area contributed by atoms with Gasteiger partial charge in [-0.25, -0.2) is 9.97 Å². The summed E-state index contributed by atoms with van der Waals surface area (Å²) in [7, 11) is 0. The first-order valence-corrected chi connectivity index (χ1v) is 7.72. The Kier molecular flexibility index (Phi) is 3.06. The number of aryl methyl sites for hydroxylation is 2. The van der Waals surface area contributed by atoms with E-state index >= 15 is 0 Å². The Bertz CT molecular complexity index is 756. The molecule has 1 aliphatic heterocycles. The molecule has 2 heterocycles. The number of nitrogens with two attached hydrogens (primary N) is 1. The number of rotatable bonds is 1. The van der Waals surface area contributed by atoms with Crippen LogP contribution in [0.25, 0.3) is 0 Å². The molecule has 0 bridgehead atoms. The molecule has 1 amide bonds. The first-order valence-electron chi connectivity index (χ1n) is 7.72. The number of carbonyl (C=O) groups is 1. The van der Waals surface area contributed by atoms with Gasteiger partial charge in [0.25, 0.3) is 5.91 Å². The lowest BCUT2D eigenvalue weighted by Gasteiger charge is -2.19. The highest BCUT2D eigenvalue weighted by Gasteiger charge is 2.26. The lowest BCUT2D eigenvalue weighted by atomic mass is 9.90. The number of amides is 1. The van der Waals surface area contributed by atoms with Crippen LogP contribution in [0.3, 0.4) is 0 Å². The van der Waals surface area contributed by atoms with Crippen LogP contribution in [0.15, 0.2) is 24.4 Å². The first kappa shape index (κ1) is 13.2. The molecule has 112 valence electrons. The van der Waals surface area contributed by atoms with Crippen molar-refractivity contribution >= 4 is 11.9 Å². The van der Waals surface area contributed by atoms with E-state index in [4.69, 9.17) is 5.73 Å². The number of carbonyl (C=O) groups excluding carboxylic acids is 1. The van der Waals surface area contributed by atoms with Gasteiger partial charge in [-0.2, -0.15) is 0 Å². The maximum absolute atomic E-state index is 12.7. The third-order valence-corrected chi connectivity index (χ3v) is 4.56. The molecule has 0 unspecified atom stereocenters. The first-order chi connectivity index (χ1) is 10.7. The fraction of sp³-hybridized carbons (Fsp3) is 0.353. The van der Waals surface area contributed by atoms with Crippen LogP contribution in [0.4, 0.5) is 5.95 Å². The van der Waals surface area contributed by atoms with Crippen LogP contribution in [-0.4, -0.2) is 20.8 Å². The van der Waals surface area contributed by atoms with Gasteiger partial charge < -0.3 is 10.6 Å². The van der Waals surface area contributed by atoms with Crippen molar-refractivity contribution in [1.29, 1.82) is 0 Å². The van der Waals surface area contributed by atoms with Crippen molar-refractivity contribution in [3.8, 4) is 0 Å². The van der Waals surface area contributed by atoms with E-state index < -0.39 is 0 Å². The molecule has 5 heteroatoms. The minimum atomic E-state index is 0.0601. The predicted octanol–water partition coefficient (Wildman–Crippen LogP) is 2.09. The molecule has 1 aromatic carbocycles. The number of nitrogens with zero attached hydrogens (tertiary/aromatic N) is 3. The van der Waals surface area contributed by atoms with Crippen molar-refractivity contribution < 1.29 is 4.79 Å². The minimum absolute atomic E-state index is 0.0601. The molecule has 0 radical (unpaired) electrons. The summed E-state index contributed by atoms with van der Waals surface area (Å²) in [5.41, 5.74) is 11.0. The lowest BCUT2D eigenvalue weighted by molar-refractivity contribution is 0.0750. The third-order valence-electron chi connectivity index (χ3n) is 4.56. The maximum Gasteiger partial charge on any atom is 0.254 e. The van der Waals surface area contributed by atoms with Gasteiger partial charge in [0.2, 0.25) is 5.95 Å². The quantitative estimate of drug-likeness (QED) is 0.874. The molecule has 4 rings (SSSR count). The number of anilines is 1. The van der Waals surface area contributed by atoms with Gasteiger partial charge in [-0.05, 0) is 48.9 Å². The molecule has 0 fully saturated rings. The average Bonchev–Trinajstić information content (AvgIpc) is 2.96. The minimum Gasteiger partial charge on any atom is -0.368 e.